The second-order valence-electron chi connectivity index (χ2n) is 4.25. The minimum atomic E-state index is -0.00856. The molecule has 2 aromatic carbocycles. The maximum absolute atomic E-state index is 12.3. The maximum Gasteiger partial charge on any atom is 0.194 e. The zero-order valence-electron chi connectivity index (χ0n) is 10.0. The van der Waals surface area contributed by atoms with Gasteiger partial charge in [0.15, 0.2) is 5.78 Å². The van der Waals surface area contributed by atoms with E-state index in [1.165, 1.54) is 0 Å². The molecule has 0 aliphatic heterocycles. The second-order valence-corrected chi connectivity index (χ2v) is 5.17. The number of aromatic nitrogens is 1. The molecule has 19 heavy (non-hydrogen) atoms. The first-order chi connectivity index (χ1) is 9.24. The molecule has 0 aliphatic carbocycles. The number of fused-ring (bicyclic) bond motifs is 1. The Morgan fingerprint density at radius 3 is 2.47 bits per heavy atom. The van der Waals surface area contributed by atoms with Crippen molar-refractivity contribution >= 4 is 32.6 Å². The molecule has 0 unspecified atom stereocenters. The molecule has 92 valence electrons. The van der Waals surface area contributed by atoms with Crippen LogP contribution in [0.1, 0.15) is 15.9 Å². The monoisotopic (exact) mass is 311 g/mol. The van der Waals surface area contributed by atoms with Gasteiger partial charge in [0, 0.05) is 27.2 Å². The fourth-order valence-corrected chi connectivity index (χ4v) is 2.23. The number of halogens is 1. The predicted octanol–water partition coefficient (Wildman–Crippen LogP) is 4.23. The van der Waals surface area contributed by atoms with Gasteiger partial charge in [-0.1, -0.05) is 34.1 Å². The first-order valence-corrected chi connectivity index (χ1v) is 6.68. The predicted molar refractivity (Wildman–Crippen MR) is 79.3 cm³/mol. The van der Waals surface area contributed by atoms with E-state index in [4.69, 9.17) is 0 Å². The quantitative estimate of drug-likeness (QED) is 0.663. The van der Waals surface area contributed by atoms with Gasteiger partial charge in [-0.25, -0.2) is 0 Å². The van der Waals surface area contributed by atoms with Crippen molar-refractivity contribution in [2.24, 2.45) is 0 Å². The van der Waals surface area contributed by atoms with Gasteiger partial charge in [0.25, 0.3) is 0 Å². The van der Waals surface area contributed by atoms with Gasteiger partial charge >= 0.3 is 0 Å². The van der Waals surface area contributed by atoms with Gasteiger partial charge < -0.3 is 0 Å². The average Bonchev–Trinajstić information content (AvgIpc) is 2.47. The Kier molecular flexibility index (Phi) is 3.13. The number of pyridine rings is 1. The minimum Gasteiger partial charge on any atom is -0.289 e. The summed E-state index contributed by atoms with van der Waals surface area (Å²) in [5.41, 5.74) is 2.18. The van der Waals surface area contributed by atoms with Crippen LogP contribution in [0.4, 0.5) is 0 Å². The van der Waals surface area contributed by atoms with Gasteiger partial charge in [-0.05, 0) is 36.4 Å². The molecule has 3 aromatic rings. The molecule has 3 rings (SSSR count). The van der Waals surface area contributed by atoms with Crippen molar-refractivity contribution in [1.29, 1.82) is 0 Å². The number of benzene rings is 2. The molecule has 0 bridgehead atoms. The summed E-state index contributed by atoms with van der Waals surface area (Å²) in [6, 6.07) is 17.0. The summed E-state index contributed by atoms with van der Waals surface area (Å²) in [6.07, 6.45) is 1.63. The molecule has 0 saturated carbocycles. The van der Waals surface area contributed by atoms with Crippen LogP contribution in [-0.2, 0) is 0 Å². The lowest BCUT2D eigenvalue weighted by Gasteiger charge is -2.03. The van der Waals surface area contributed by atoms with E-state index in [0.717, 1.165) is 15.4 Å². The van der Waals surface area contributed by atoms with Gasteiger partial charge in [0.05, 0.1) is 5.52 Å². The van der Waals surface area contributed by atoms with Crippen LogP contribution in [0.3, 0.4) is 0 Å². The topological polar surface area (TPSA) is 30.0 Å². The lowest BCUT2D eigenvalue weighted by Crippen LogP contribution is -2.01. The van der Waals surface area contributed by atoms with E-state index in [9.17, 15) is 4.79 Å². The van der Waals surface area contributed by atoms with Gasteiger partial charge in [0.2, 0.25) is 0 Å². The Hall–Kier alpha value is -2.00. The van der Waals surface area contributed by atoms with Crippen molar-refractivity contribution in [2.45, 2.75) is 0 Å². The van der Waals surface area contributed by atoms with Crippen molar-refractivity contribution in [3.63, 3.8) is 0 Å². The number of hydrogen-bond donors (Lipinski definition) is 0. The summed E-state index contributed by atoms with van der Waals surface area (Å²) >= 11 is 3.36. The molecule has 0 fully saturated rings. The molecule has 2 nitrogen and oxygen atoms in total. The molecule has 1 aromatic heterocycles. The number of ketones is 1. The molecule has 0 amide bonds. The highest BCUT2D eigenvalue weighted by Gasteiger charge is 2.09. The van der Waals surface area contributed by atoms with Crippen LogP contribution >= 0.6 is 15.9 Å². The highest BCUT2D eigenvalue weighted by molar-refractivity contribution is 9.10. The Morgan fingerprint density at radius 1 is 0.947 bits per heavy atom. The first-order valence-electron chi connectivity index (χ1n) is 5.89. The largest absolute Gasteiger partial charge is 0.289 e. The number of para-hydroxylation sites is 1. The lowest BCUT2D eigenvalue weighted by molar-refractivity contribution is 0.103. The van der Waals surface area contributed by atoms with E-state index < -0.39 is 0 Å². The molecule has 0 saturated heterocycles. The standard InChI is InChI=1S/C16H10BrNO/c17-14-7-5-11(6-8-14)16(19)13-9-12-3-1-2-4-15(12)18-10-13/h1-10H. The van der Waals surface area contributed by atoms with Crippen molar-refractivity contribution in [3.8, 4) is 0 Å². The Morgan fingerprint density at radius 2 is 1.68 bits per heavy atom. The van der Waals surface area contributed by atoms with E-state index in [2.05, 4.69) is 20.9 Å². The van der Waals surface area contributed by atoms with E-state index in [1.807, 2.05) is 54.6 Å². The average molecular weight is 312 g/mol. The number of hydrogen-bond acceptors (Lipinski definition) is 2. The van der Waals surface area contributed by atoms with Crippen molar-refractivity contribution in [1.82, 2.24) is 4.98 Å². The fourth-order valence-electron chi connectivity index (χ4n) is 1.96. The van der Waals surface area contributed by atoms with Crippen LogP contribution in [0.5, 0.6) is 0 Å². The molecular formula is C16H10BrNO. The number of rotatable bonds is 2. The Labute approximate surface area is 119 Å². The third-order valence-electron chi connectivity index (χ3n) is 2.96. The smallest absolute Gasteiger partial charge is 0.194 e. The second kappa shape index (κ2) is 4.94. The molecule has 0 aliphatic rings. The van der Waals surface area contributed by atoms with E-state index in [0.29, 0.717) is 11.1 Å². The highest BCUT2D eigenvalue weighted by atomic mass is 79.9. The lowest BCUT2D eigenvalue weighted by atomic mass is 10.0. The van der Waals surface area contributed by atoms with Crippen molar-refractivity contribution in [3.05, 3.63) is 76.4 Å². The minimum absolute atomic E-state index is 0.00856. The summed E-state index contributed by atoms with van der Waals surface area (Å²) in [5.74, 6) is -0.00856. The summed E-state index contributed by atoms with van der Waals surface area (Å²) in [6.45, 7) is 0. The molecule has 0 atom stereocenters. The van der Waals surface area contributed by atoms with E-state index in [-0.39, 0.29) is 5.78 Å². The van der Waals surface area contributed by atoms with Gasteiger partial charge in [-0.3, -0.25) is 9.78 Å². The van der Waals surface area contributed by atoms with E-state index in [1.54, 1.807) is 6.20 Å². The molecule has 3 heteroatoms. The van der Waals surface area contributed by atoms with Crippen molar-refractivity contribution < 1.29 is 4.79 Å². The maximum atomic E-state index is 12.3. The van der Waals surface area contributed by atoms with Gasteiger partial charge in [-0.15, -0.1) is 0 Å². The fraction of sp³-hybridized carbons (Fsp3) is 0. The summed E-state index contributed by atoms with van der Waals surface area (Å²) in [4.78, 5) is 16.7. The van der Waals surface area contributed by atoms with Crippen molar-refractivity contribution in [2.75, 3.05) is 0 Å². The van der Waals surface area contributed by atoms with Crippen LogP contribution < -0.4 is 0 Å². The van der Waals surface area contributed by atoms with Crippen LogP contribution in [0.15, 0.2) is 65.3 Å². The zero-order valence-corrected chi connectivity index (χ0v) is 11.6. The van der Waals surface area contributed by atoms with Crippen LogP contribution in [0.25, 0.3) is 10.9 Å². The first kappa shape index (κ1) is 12.1. The van der Waals surface area contributed by atoms with E-state index >= 15 is 0 Å². The molecule has 0 radical (unpaired) electrons. The third-order valence-corrected chi connectivity index (χ3v) is 3.49. The Balaban J connectivity index is 2.04. The zero-order chi connectivity index (χ0) is 13.2. The third kappa shape index (κ3) is 2.42. The Bertz CT molecular complexity index is 750. The summed E-state index contributed by atoms with van der Waals surface area (Å²) in [7, 11) is 0. The van der Waals surface area contributed by atoms with Gasteiger partial charge in [0.1, 0.15) is 0 Å². The summed E-state index contributed by atoms with van der Waals surface area (Å²) in [5, 5.41) is 0.977. The number of carbonyl (C=O) groups excluding carboxylic acids is 1. The molecule has 1 heterocycles. The summed E-state index contributed by atoms with van der Waals surface area (Å²) < 4.78 is 0.959. The van der Waals surface area contributed by atoms with Crippen LogP contribution in [0.2, 0.25) is 0 Å². The molecule has 0 N–H and O–H groups in total. The van der Waals surface area contributed by atoms with Crippen LogP contribution in [-0.4, -0.2) is 10.8 Å². The SMILES string of the molecule is O=C(c1ccc(Br)cc1)c1cnc2ccccc2c1. The van der Waals surface area contributed by atoms with Crippen LogP contribution in [0, 0.1) is 0 Å². The number of nitrogens with zero attached hydrogens (tertiary/aromatic N) is 1. The van der Waals surface area contributed by atoms with Gasteiger partial charge in [-0.2, -0.15) is 0 Å². The molecule has 0 spiro atoms. The molecular weight excluding hydrogens is 302 g/mol. The normalized spacial score (nSPS) is 10.6. The highest BCUT2D eigenvalue weighted by Crippen LogP contribution is 2.17. The number of carbonyl (C=O) groups is 1.